The Morgan fingerprint density at radius 3 is 2.37 bits per heavy atom. The maximum absolute atomic E-state index is 16.3. The zero-order chi connectivity index (χ0) is 44.1. The van der Waals surface area contributed by atoms with E-state index < -0.39 is 34.8 Å². The first-order valence-electron chi connectivity index (χ1n) is 21.1. The van der Waals surface area contributed by atoms with Gasteiger partial charge in [-0.25, -0.2) is 13.4 Å². The summed E-state index contributed by atoms with van der Waals surface area (Å²) in [5.74, 6) is -1.40. The van der Waals surface area contributed by atoms with Crippen molar-refractivity contribution in [2.75, 3.05) is 43.6 Å². The average Bonchev–Trinajstić information content (AvgIpc) is 3.76. The predicted octanol–water partition coefficient (Wildman–Crippen LogP) is 5.15. The number of piperidine rings is 2. The number of likely N-dealkylation sites (tertiary alicyclic amines) is 1. The summed E-state index contributed by atoms with van der Waals surface area (Å²) in [6, 6.07) is 21.0. The predicted molar refractivity (Wildman–Crippen MR) is 235 cm³/mol. The number of ether oxygens (including phenoxy) is 2. The van der Waals surface area contributed by atoms with Gasteiger partial charge in [-0.15, -0.1) is 0 Å². The molecule has 4 aromatic carbocycles. The molecule has 5 aromatic rings. The molecule has 328 valence electrons. The minimum absolute atomic E-state index is 0.0940. The number of benzene rings is 4. The van der Waals surface area contributed by atoms with Gasteiger partial charge in [-0.2, -0.15) is 0 Å². The van der Waals surface area contributed by atoms with Crippen LogP contribution in [0.5, 0.6) is 11.5 Å². The van der Waals surface area contributed by atoms with Crippen molar-refractivity contribution in [3.63, 3.8) is 0 Å². The van der Waals surface area contributed by atoms with Gasteiger partial charge in [-0.05, 0) is 99.0 Å². The number of amides is 4. The molecule has 2 unspecified atom stereocenters. The number of halogens is 1. The summed E-state index contributed by atoms with van der Waals surface area (Å²) in [5.41, 5.74) is 3.01. The normalized spacial score (nSPS) is 18.4. The quantitative estimate of drug-likeness (QED) is 0.107. The van der Waals surface area contributed by atoms with E-state index in [1.165, 1.54) is 10.6 Å². The van der Waals surface area contributed by atoms with E-state index in [0.717, 1.165) is 33.8 Å². The van der Waals surface area contributed by atoms with Crippen molar-refractivity contribution in [2.45, 2.75) is 78.0 Å². The van der Waals surface area contributed by atoms with Crippen LogP contribution in [0, 0.1) is 5.82 Å². The van der Waals surface area contributed by atoms with Crippen molar-refractivity contribution >= 4 is 62.3 Å². The summed E-state index contributed by atoms with van der Waals surface area (Å²) in [7, 11) is 0. The van der Waals surface area contributed by atoms with Crippen LogP contribution >= 0.6 is 0 Å². The molecule has 4 amide bonds. The number of nitrogens with one attached hydrogen (secondary N) is 3. The summed E-state index contributed by atoms with van der Waals surface area (Å²) < 4.78 is 47.6. The van der Waals surface area contributed by atoms with Crippen LogP contribution in [0.25, 0.3) is 21.8 Å². The summed E-state index contributed by atoms with van der Waals surface area (Å²) >= 11 is -1.98. The molecule has 3 aliphatic rings. The van der Waals surface area contributed by atoms with Crippen molar-refractivity contribution < 1.29 is 37.3 Å². The van der Waals surface area contributed by atoms with E-state index in [9.17, 15) is 28.2 Å². The number of rotatable bonds is 13. The third-order valence-electron chi connectivity index (χ3n) is 11.3. The van der Waals surface area contributed by atoms with Crippen molar-refractivity contribution in [3.05, 3.63) is 100 Å². The van der Waals surface area contributed by atoms with Gasteiger partial charge in [-0.1, -0.05) is 56.3 Å². The summed E-state index contributed by atoms with van der Waals surface area (Å²) in [6.07, 6.45) is 2.10. The summed E-state index contributed by atoms with van der Waals surface area (Å²) in [6.45, 7) is 9.71. The molecule has 3 saturated heterocycles. The van der Waals surface area contributed by atoms with Crippen molar-refractivity contribution in [1.29, 1.82) is 0 Å². The molecule has 1 aromatic heterocycles. The van der Waals surface area contributed by atoms with E-state index in [-0.39, 0.29) is 92.0 Å². The Hall–Kier alpha value is -6.07. The van der Waals surface area contributed by atoms with Crippen LogP contribution < -0.4 is 34.8 Å². The van der Waals surface area contributed by atoms with E-state index in [0.29, 0.717) is 29.7 Å². The standard InChI is InChI=1S/C43H46FN7O8S.C2H6/c1-26(2)50-35-20-29(9-11-33(35)51(43(50)56)34-12-13-37(52)46-42(34)55)28-14-17-48(18-15-28)23-38(53)45-16-19-58-31-10-8-30-21-36(59-25-27-6-4-3-5-7-27)41(40(44)32(30)22-31)49-24-39(54)47-60(49)57;1-2/h3-11,20-22,26,28,34H,12-19,23-25H2,1-2H3,(H,45,53)(H,47,54)(H,46,52,55);1-2H3. The lowest BCUT2D eigenvalue weighted by molar-refractivity contribution is -0.135. The molecule has 3 N–H and O–H groups in total. The lowest BCUT2D eigenvalue weighted by Crippen LogP contribution is -2.44. The molecule has 4 heterocycles. The highest BCUT2D eigenvalue weighted by molar-refractivity contribution is 7.85. The highest BCUT2D eigenvalue weighted by Gasteiger charge is 2.34. The Kier molecular flexibility index (Phi) is 13.7. The zero-order valence-electron chi connectivity index (χ0n) is 35.3. The Labute approximate surface area is 361 Å². The van der Waals surface area contributed by atoms with Gasteiger partial charge in [0.2, 0.25) is 28.9 Å². The third-order valence-corrected chi connectivity index (χ3v) is 12.4. The van der Waals surface area contributed by atoms with Crippen LogP contribution in [-0.4, -0.2) is 81.2 Å². The van der Waals surface area contributed by atoms with Gasteiger partial charge >= 0.3 is 5.69 Å². The van der Waals surface area contributed by atoms with Crippen molar-refractivity contribution in [3.8, 4) is 11.5 Å². The highest BCUT2D eigenvalue weighted by atomic mass is 32.2. The molecule has 3 fully saturated rings. The Balaban J connectivity index is 0.00000285. The second-order valence-corrected chi connectivity index (χ2v) is 16.7. The molecule has 0 spiro atoms. The minimum atomic E-state index is -1.98. The van der Waals surface area contributed by atoms with E-state index in [1.54, 1.807) is 22.8 Å². The fraction of sp³-hybridized carbons (Fsp3) is 0.400. The number of imidazole rings is 1. The number of fused-ring (bicyclic) bond motifs is 2. The number of hydrogen-bond acceptors (Lipinski definition) is 9. The first kappa shape index (κ1) is 44.0. The number of hydrogen-bond donors (Lipinski definition) is 3. The van der Waals surface area contributed by atoms with Gasteiger partial charge in [0.15, 0.2) is 5.82 Å². The fourth-order valence-corrected chi connectivity index (χ4v) is 9.22. The monoisotopic (exact) mass is 869 g/mol. The average molecular weight is 870 g/mol. The van der Waals surface area contributed by atoms with Crippen molar-refractivity contribution in [1.82, 2.24) is 29.4 Å². The first-order chi connectivity index (χ1) is 29.9. The summed E-state index contributed by atoms with van der Waals surface area (Å²) in [5, 5.41) is 5.98. The van der Waals surface area contributed by atoms with Gasteiger partial charge < -0.3 is 14.8 Å². The molecule has 0 radical (unpaired) electrons. The van der Waals surface area contributed by atoms with Crippen molar-refractivity contribution in [2.24, 2.45) is 0 Å². The number of aromatic nitrogens is 2. The van der Waals surface area contributed by atoms with Crippen LogP contribution in [0.4, 0.5) is 10.1 Å². The maximum Gasteiger partial charge on any atom is 0.330 e. The molecule has 62 heavy (non-hydrogen) atoms. The largest absolute Gasteiger partial charge is 0.492 e. The van der Waals surface area contributed by atoms with Crippen LogP contribution in [0.2, 0.25) is 0 Å². The molecule has 0 bridgehead atoms. The Morgan fingerprint density at radius 1 is 0.919 bits per heavy atom. The number of carbonyl (C=O) groups excluding carboxylic acids is 4. The second-order valence-electron chi connectivity index (χ2n) is 15.6. The van der Waals surface area contributed by atoms with Crippen LogP contribution in [-0.2, 0) is 37.0 Å². The fourth-order valence-electron chi connectivity index (χ4n) is 8.28. The highest BCUT2D eigenvalue weighted by Crippen LogP contribution is 2.40. The lowest BCUT2D eigenvalue weighted by Gasteiger charge is -2.31. The molecule has 0 saturated carbocycles. The SMILES string of the molecule is CC.CC(C)n1c(=O)n(C2CCC(=O)NC2=O)c2ccc(C3CCN(CC(=O)NCCOc4ccc5cc(OCc6ccccc6)c(N6CC(=O)NS6=O)c(F)c5c4)CC3)cc21. The molecule has 2 atom stereocenters. The molecule has 15 nitrogen and oxygen atoms in total. The van der Waals surface area contributed by atoms with Crippen LogP contribution in [0.15, 0.2) is 77.6 Å². The van der Waals surface area contributed by atoms with E-state index in [1.807, 2.05) is 76.2 Å². The van der Waals surface area contributed by atoms with Gasteiger partial charge in [-0.3, -0.25) is 47.6 Å². The van der Waals surface area contributed by atoms with E-state index in [4.69, 9.17) is 9.47 Å². The number of carbonyl (C=O) groups is 4. The van der Waals surface area contributed by atoms with Gasteiger partial charge in [0.1, 0.15) is 43.0 Å². The topological polar surface area (TPSA) is 173 Å². The first-order valence-corrected chi connectivity index (χ1v) is 22.2. The minimum Gasteiger partial charge on any atom is -0.492 e. The Morgan fingerprint density at radius 2 is 1.68 bits per heavy atom. The molecular weight excluding hydrogens is 818 g/mol. The molecule has 8 rings (SSSR count). The molecule has 0 aliphatic carbocycles. The zero-order valence-corrected chi connectivity index (χ0v) is 36.1. The molecule has 17 heteroatoms. The molecule has 3 aliphatic heterocycles. The summed E-state index contributed by atoms with van der Waals surface area (Å²) in [4.78, 5) is 65.2. The molecular formula is C45H52FN7O8S. The maximum atomic E-state index is 16.3. The number of anilines is 1. The third kappa shape index (κ3) is 9.38. The lowest BCUT2D eigenvalue weighted by atomic mass is 9.89. The van der Waals surface area contributed by atoms with Crippen LogP contribution in [0.1, 0.15) is 82.5 Å². The second kappa shape index (κ2) is 19.3. The smallest absolute Gasteiger partial charge is 0.330 e. The Bertz CT molecular complexity index is 2570. The van der Waals surface area contributed by atoms with Gasteiger partial charge in [0, 0.05) is 17.8 Å². The van der Waals surface area contributed by atoms with Gasteiger partial charge in [0.05, 0.1) is 24.1 Å². The van der Waals surface area contributed by atoms with E-state index in [2.05, 4.69) is 20.3 Å². The van der Waals surface area contributed by atoms with Crippen LogP contribution in [0.3, 0.4) is 0 Å². The van der Waals surface area contributed by atoms with Gasteiger partial charge in [0.25, 0.3) is 5.91 Å². The van der Waals surface area contributed by atoms with E-state index >= 15 is 4.39 Å². The number of imide groups is 1. The number of nitrogens with zero attached hydrogens (tertiary/aromatic N) is 4.